The van der Waals surface area contributed by atoms with Crippen LogP contribution in [0.3, 0.4) is 0 Å². The molecule has 10 aromatic carbocycles. The number of rotatable bonds is 17. The summed E-state index contributed by atoms with van der Waals surface area (Å²) in [5.41, 5.74) is 10.6. The Morgan fingerprint density at radius 2 is 0.685 bits per heavy atom. The van der Waals surface area contributed by atoms with E-state index in [0.29, 0.717) is 105 Å². The van der Waals surface area contributed by atoms with E-state index in [9.17, 15) is 0 Å². The summed E-state index contributed by atoms with van der Waals surface area (Å²) in [6.45, 7) is 6.14. The first-order chi connectivity index (χ1) is 45.2. The fourth-order valence-electron chi connectivity index (χ4n) is 16.0. The van der Waals surface area contributed by atoms with Crippen molar-refractivity contribution in [2.24, 2.45) is 4.99 Å². The predicted molar refractivity (Wildman–Crippen MR) is 362 cm³/mol. The second kappa shape index (κ2) is 25.3. The molecule has 0 spiro atoms. The number of aliphatic imine (C=N–C) groups is 1. The van der Waals surface area contributed by atoms with Crippen molar-refractivity contribution in [2.75, 3.05) is 9.36 Å². The average Bonchev–Trinajstić information content (AvgIpc) is 1.49. The van der Waals surface area contributed by atoms with Gasteiger partial charge in [-0.3, -0.25) is 4.99 Å². The van der Waals surface area contributed by atoms with Crippen LogP contribution in [0.2, 0.25) is 0 Å². The van der Waals surface area contributed by atoms with Crippen molar-refractivity contribution in [1.82, 2.24) is 3.53 Å². The Morgan fingerprint density at radius 1 is 0.391 bits per heavy atom. The molecule has 3 aliphatic heterocycles. The van der Waals surface area contributed by atoms with E-state index >= 15 is 0 Å². The van der Waals surface area contributed by atoms with E-state index in [0.717, 1.165) is 95.3 Å². The molecule has 0 amide bonds. The number of halogens is 2. The van der Waals surface area contributed by atoms with Crippen molar-refractivity contribution >= 4 is 39.0 Å². The molecule has 3 unspecified atom stereocenters. The Morgan fingerprint density at radius 3 is 0.967 bits per heavy atom. The monoisotopic (exact) mass is 1440 g/mol. The number of hydrogen-bond donors (Lipinski definition) is 1. The maximum absolute atomic E-state index is 7.38. The molecule has 3 atom stereocenters. The molecule has 0 radical (unpaired) electrons. The molecule has 0 saturated heterocycles. The smallest absolute Gasteiger partial charge is 0.0301 e. The van der Waals surface area contributed by atoms with Crippen molar-refractivity contribution in [3.63, 3.8) is 0 Å². The van der Waals surface area contributed by atoms with Gasteiger partial charge in [0.2, 0.25) is 0 Å². The molecule has 92 heavy (non-hydrogen) atoms. The SMILES string of the molecule is C=NC1CCC(c2ccc(CC3(c4ccccc4)Oc4cc5c(cc4O3)c3cc4c(cc3c3cc6c(cc53)OC(Cc3ccc(C5CCC(N[I-]CC)CC5)cc3)(c3ccccc3)O6)OC(Cc3ccc(C5CCC([I-]C)CC5)cc3)(c3ccccc3)O4)cc2)CC1. The van der Waals surface area contributed by atoms with Gasteiger partial charge in [0.05, 0.1) is 6.42 Å². The van der Waals surface area contributed by atoms with Gasteiger partial charge < -0.3 is 9.47 Å². The van der Waals surface area contributed by atoms with Crippen molar-refractivity contribution in [2.45, 2.75) is 154 Å². The third-order valence-electron chi connectivity index (χ3n) is 21.1. The van der Waals surface area contributed by atoms with Crippen LogP contribution < -0.4 is 74.6 Å². The minimum atomic E-state index is -1.14. The molecule has 3 heterocycles. The van der Waals surface area contributed by atoms with Crippen LogP contribution in [0.25, 0.3) is 32.3 Å². The molecular formula is C82H80I2N2O6-2. The number of alkyl halides is 3. The van der Waals surface area contributed by atoms with Gasteiger partial charge in [0, 0.05) is 11.6 Å². The summed E-state index contributed by atoms with van der Waals surface area (Å²) < 4.78 is 50.3. The largest absolute Gasteiger partial charge is 0.0585 e. The zero-order chi connectivity index (χ0) is 61.8. The van der Waals surface area contributed by atoms with Crippen molar-refractivity contribution in [3.05, 3.63) is 250 Å². The fourth-order valence-corrected chi connectivity index (χ4v) is 19.7. The van der Waals surface area contributed by atoms with Crippen LogP contribution in [0.5, 0.6) is 34.5 Å². The van der Waals surface area contributed by atoms with Crippen LogP contribution in [-0.4, -0.2) is 32.1 Å². The summed E-state index contributed by atoms with van der Waals surface area (Å²) in [6.07, 6.45) is 16.2. The molecule has 10 heteroatoms. The van der Waals surface area contributed by atoms with E-state index in [2.05, 4.69) is 227 Å². The van der Waals surface area contributed by atoms with E-state index < -0.39 is 17.4 Å². The summed E-state index contributed by atoms with van der Waals surface area (Å²) in [7, 11) is 0. The first-order valence-electron chi connectivity index (χ1n) is 33.6. The van der Waals surface area contributed by atoms with Gasteiger partial charge in [-0.2, -0.15) is 0 Å². The number of benzene rings is 10. The fraction of sp³-hybridized carbons (Fsp3) is 0.329. The summed E-state index contributed by atoms with van der Waals surface area (Å²) in [5, 5.41) is 6.00. The number of nitrogens with one attached hydrogen (secondary N) is 1. The van der Waals surface area contributed by atoms with Crippen LogP contribution in [-0.2, 0) is 36.6 Å². The zero-order valence-electron chi connectivity index (χ0n) is 52.7. The summed E-state index contributed by atoms with van der Waals surface area (Å²) >= 11 is 0.411. The maximum Gasteiger partial charge on any atom is -0.0301 e. The molecule has 470 valence electrons. The van der Waals surface area contributed by atoms with Gasteiger partial charge in [0.25, 0.3) is 5.79 Å². The second-order valence-corrected chi connectivity index (χ2v) is 32.6. The number of hydrogen-bond acceptors (Lipinski definition) is 8. The van der Waals surface area contributed by atoms with Gasteiger partial charge in [0.1, 0.15) is 0 Å². The van der Waals surface area contributed by atoms with E-state index in [1.165, 1.54) is 72.5 Å². The van der Waals surface area contributed by atoms with Crippen molar-refractivity contribution in [1.29, 1.82) is 0 Å². The van der Waals surface area contributed by atoms with E-state index in [4.69, 9.17) is 28.4 Å². The van der Waals surface area contributed by atoms with Gasteiger partial charge in [-0.1, -0.05) is 103 Å². The summed E-state index contributed by atoms with van der Waals surface area (Å²) in [6, 6.07) is 73.4. The minimum absolute atomic E-state index is 0.110. The first-order valence-corrected chi connectivity index (χ1v) is 39.6. The molecule has 3 saturated carbocycles. The third-order valence-corrected chi connectivity index (χ3v) is 26.2. The third kappa shape index (κ3) is 11.5. The standard InChI is InChI=1S/C82H80I2N2O6/c1-4-84-86-67-42-36-61(37-43-67)58-30-24-55(25-31-58)52-82(64-18-12-7-13-19-64)91-78-48-72-69-45-75-74(87-80(88-75,62-14-8-5-9-15-62)50-53-20-26-56(27-21-53)59-32-38-65(83-2)39-33-59)44-68(69)70-46-76-77(47-71(70)73(72)49-79(78)92-82)90-81(89-76,63-16-10-6-11-17-63)51-54-22-28-57(29-23-54)60-34-40-66(85-3)41-35-60/h5-31,44-49,59-61,65-67,86H,3-4,32-43,50-52H2,1-2H3/q-2. The van der Waals surface area contributed by atoms with E-state index in [1.54, 1.807) is 0 Å². The van der Waals surface area contributed by atoms with Crippen LogP contribution in [0, 0.1) is 0 Å². The van der Waals surface area contributed by atoms with Crippen LogP contribution >= 0.6 is 0 Å². The number of nitrogens with zero attached hydrogens (tertiary/aromatic N) is 1. The summed E-state index contributed by atoms with van der Waals surface area (Å²) in [4.78, 5) is 6.82. The second-order valence-electron chi connectivity index (χ2n) is 26.7. The van der Waals surface area contributed by atoms with Crippen molar-refractivity contribution in [3.8, 4) is 34.5 Å². The molecule has 16 rings (SSSR count). The summed E-state index contributed by atoms with van der Waals surface area (Å²) in [5.74, 6) is 2.44. The predicted octanol–water partition coefficient (Wildman–Crippen LogP) is 12.9. The van der Waals surface area contributed by atoms with Crippen LogP contribution in [0.1, 0.15) is 152 Å². The van der Waals surface area contributed by atoms with Crippen molar-refractivity contribution < 1.29 is 71.1 Å². The van der Waals surface area contributed by atoms with E-state index in [-0.39, 0.29) is 21.5 Å². The van der Waals surface area contributed by atoms with Gasteiger partial charge >= 0.3 is 285 Å². The molecule has 3 fully saturated rings. The Balaban J connectivity index is 0.791. The normalized spacial score (nSPS) is 25.6. The quantitative estimate of drug-likeness (QED) is 0.0320. The Kier molecular flexibility index (Phi) is 16.5. The van der Waals surface area contributed by atoms with Crippen LogP contribution in [0.15, 0.2) is 205 Å². The van der Waals surface area contributed by atoms with Gasteiger partial charge in [-0.25, -0.2) is 0 Å². The molecule has 8 nitrogen and oxygen atoms in total. The number of ether oxygens (including phenoxy) is 6. The van der Waals surface area contributed by atoms with Crippen LogP contribution in [0.4, 0.5) is 0 Å². The molecule has 0 bridgehead atoms. The van der Waals surface area contributed by atoms with Gasteiger partial charge in [0.15, 0.2) is 23.0 Å². The average molecular weight is 1440 g/mol. The van der Waals surface area contributed by atoms with E-state index in [1.807, 2.05) is 0 Å². The van der Waals surface area contributed by atoms with Gasteiger partial charge in [-0.15, -0.1) is 0 Å². The Labute approximate surface area is 562 Å². The zero-order valence-corrected chi connectivity index (χ0v) is 57.0. The maximum atomic E-state index is 7.38. The number of fused-ring (bicyclic) bond motifs is 9. The topological polar surface area (TPSA) is 79.8 Å². The van der Waals surface area contributed by atoms with Gasteiger partial charge in [-0.05, 0) is 118 Å². The molecule has 1 N–H and O–H groups in total. The Bertz CT molecular complexity index is 4300. The molecule has 10 aromatic rings. The first kappa shape index (κ1) is 59.9. The Hall–Kier alpha value is -7.13. The molecular weight excluding hydrogens is 1360 g/mol. The molecule has 0 aromatic heterocycles. The molecule has 6 aliphatic rings. The molecule has 3 aliphatic carbocycles. The minimum Gasteiger partial charge on any atom is -0.0585 e.